The van der Waals surface area contributed by atoms with E-state index in [4.69, 9.17) is 9.15 Å². The molecule has 3 rings (SSSR count). The quantitative estimate of drug-likeness (QED) is 0.397. The van der Waals surface area contributed by atoms with Crippen molar-refractivity contribution in [2.24, 2.45) is 0 Å². The maximum atomic E-state index is 11.5. The van der Waals surface area contributed by atoms with Crippen LogP contribution in [0.25, 0.3) is 6.08 Å². The largest absolute Gasteiger partial charge is 0.545 e. The molecule has 8 nitrogen and oxygen atoms in total. The van der Waals surface area contributed by atoms with E-state index in [-0.39, 0.29) is 22.3 Å². The minimum Gasteiger partial charge on any atom is -0.545 e. The molecule has 1 heterocycles. The number of carbonyl (C=O) groups excluding carboxylic acids is 2. The molecule has 0 amide bonds. The van der Waals surface area contributed by atoms with Gasteiger partial charge < -0.3 is 29.0 Å². The molecule has 0 unspecified atom stereocenters. The molecule has 9 heteroatoms. The van der Waals surface area contributed by atoms with Gasteiger partial charge in [-0.3, -0.25) is 0 Å². The van der Waals surface area contributed by atoms with Crippen LogP contribution in [0.2, 0.25) is 0 Å². The number of thioether (sulfide) groups is 1. The van der Waals surface area contributed by atoms with E-state index in [1.165, 1.54) is 18.2 Å². The highest BCUT2D eigenvalue weighted by molar-refractivity contribution is 8.03. The molecular weight excluding hydrogens is 396 g/mol. The predicted molar refractivity (Wildman–Crippen MR) is 99.4 cm³/mol. The van der Waals surface area contributed by atoms with Crippen LogP contribution in [0.3, 0.4) is 0 Å². The van der Waals surface area contributed by atoms with E-state index < -0.39 is 11.9 Å². The van der Waals surface area contributed by atoms with Crippen LogP contribution in [-0.2, 0) is 11.4 Å². The van der Waals surface area contributed by atoms with Gasteiger partial charge in [0.1, 0.15) is 12.4 Å². The monoisotopic (exact) mass is 410 g/mol. The van der Waals surface area contributed by atoms with E-state index in [0.717, 1.165) is 17.3 Å². The van der Waals surface area contributed by atoms with Crippen molar-refractivity contribution < 1.29 is 29.0 Å². The second-order valence-corrected chi connectivity index (χ2v) is 6.79. The molecule has 0 aliphatic heterocycles. The third kappa shape index (κ3) is 5.45. The second kappa shape index (κ2) is 9.07. The van der Waals surface area contributed by atoms with Gasteiger partial charge in [-0.05, 0) is 35.0 Å². The summed E-state index contributed by atoms with van der Waals surface area (Å²) in [7, 11) is 0. The Morgan fingerprint density at radius 1 is 1.10 bits per heavy atom. The smallest absolute Gasteiger partial charge is 0.281 e. The molecule has 3 aromatic rings. The van der Waals surface area contributed by atoms with Gasteiger partial charge in [0.25, 0.3) is 5.22 Å². The maximum absolute atomic E-state index is 11.5. The molecule has 2 aromatic carbocycles. The standard InChI is InChI=1S/C20H16N2O6S/c1-12-21-22-20(28-12)29-17(19(25)26)10-15-4-2-3-5-16(15)27-11-13-6-8-14(9-7-13)18(23)24/h2-10H,11H2,1H3,(H,23,24)(H,25,26)/p-2/b17-10-. The molecule has 0 fully saturated rings. The van der Waals surface area contributed by atoms with Crippen LogP contribution in [0.1, 0.15) is 27.4 Å². The van der Waals surface area contributed by atoms with Gasteiger partial charge in [0.15, 0.2) is 0 Å². The predicted octanol–water partition coefficient (Wildman–Crippen LogP) is 1.20. The van der Waals surface area contributed by atoms with E-state index >= 15 is 0 Å². The summed E-state index contributed by atoms with van der Waals surface area (Å²) in [5.74, 6) is -1.88. The van der Waals surface area contributed by atoms with Crippen LogP contribution in [0.15, 0.2) is 63.1 Å². The van der Waals surface area contributed by atoms with Crippen molar-refractivity contribution >= 4 is 29.8 Å². The maximum Gasteiger partial charge on any atom is 0.281 e. The number of aromatic nitrogens is 2. The summed E-state index contributed by atoms with van der Waals surface area (Å²) in [6.45, 7) is 1.76. The Bertz CT molecular complexity index is 1060. The third-order valence-electron chi connectivity index (χ3n) is 3.70. The van der Waals surface area contributed by atoms with E-state index in [0.29, 0.717) is 17.2 Å². The van der Waals surface area contributed by atoms with Crippen molar-refractivity contribution in [3.05, 3.63) is 76.0 Å². The Hall–Kier alpha value is -3.59. The Labute approximate surface area is 169 Å². The fraction of sp³-hybridized carbons (Fsp3) is 0.100. The number of rotatable bonds is 8. The lowest BCUT2D eigenvalue weighted by molar-refractivity contribution is -0.298. The number of benzene rings is 2. The Kier molecular flexibility index (Phi) is 6.30. The van der Waals surface area contributed by atoms with E-state index in [9.17, 15) is 19.8 Å². The highest BCUT2D eigenvalue weighted by Gasteiger charge is 2.11. The highest BCUT2D eigenvalue weighted by Crippen LogP contribution is 2.30. The number of carboxylic acids is 2. The van der Waals surface area contributed by atoms with Gasteiger partial charge in [0.05, 0.1) is 11.9 Å². The van der Waals surface area contributed by atoms with Crippen molar-refractivity contribution in [1.29, 1.82) is 0 Å². The Balaban J connectivity index is 1.78. The van der Waals surface area contributed by atoms with Crippen molar-refractivity contribution in [3.63, 3.8) is 0 Å². The van der Waals surface area contributed by atoms with Gasteiger partial charge in [-0.25, -0.2) is 0 Å². The van der Waals surface area contributed by atoms with Gasteiger partial charge in [-0.1, -0.05) is 42.5 Å². The summed E-state index contributed by atoms with van der Waals surface area (Å²) >= 11 is 0.782. The van der Waals surface area contributed by atoms with Gasteiger partial charge in [0, 0.05) is 17.4 Å². The van der Waals surface area contributed by atoms with Crippen LogP contribution < -0.4 is 14.9 Å². The van der Waals surface area contributed by atoms with Crippen LogP contribution >= 0.6 is 11.8 Å². The number of aromatic carboxylic acids is 1. The number of hydrogen-bond donors (Lipinski definition) is 0. The average molecular weight is 410 g/mol. The first-order valence-electron chi connectivity index (χ1n) is 8.35. The lowest BCUT2D eigenvalue weighted by Crippen LogP contribution is -2.23. The molecule has 0 N–H and O–H groups in total. The van der Waals surface area contributed by atoms with E-state index in [2.05, 4.69) is 10.2 Å². The molecule has 0 aliphatic rings. The summed E-state index contributed by atoms with van der Waals surface area (Å²) in [6.07, 6.45) is 1.40. The lowest BCUT2D eigenvalue weighted by atomic mass is 10.1. The Morgan fingerprint density at radius 2 is 1.83 bits per heavy atom. The molecule has 0 aliphatic carbocycles. The van der Waals surface area contributed by atoms with E-state index in [1.54, 1.807) is 43.3 Å². The van der Waals surface area contributed by atoms with Gasteiger partial charge >= 0.3 is 0 Å². The number of carboxylic acid groups (broad SMARTS) is 2. The zero-order valence-corrected chi connectivity index (χ0v) is 16.0. The molecule has 148 valence electrons. The number of carbonyl (C=O) groups is 2. The zero-order chi connectivity index (χ0) is 20.8. The SMILES string of the molecule is Cc1nnc(S/C(=C\c2ccccc2OCc2ccc(C(=O)[O-])cc2)C(=O)[O-])o1. The van der Waals surface area contributed by atoms with Crippen LogP contribution in [0.4, 0.5) is 0 Å². The van der Waals surface area contributed by atoms with Crippen molar-refractivity contribution in [2.75, 3.05) is 0 Å². The summed E-state index contributed by atoms with van der Waals surface area (Å²) in [4.78, 5) is 22.2. The van der Waals surface area contributed by atoms with Gasteiger partial charge in [-0.15, -0.1) is 10.2 Å². The lowest BCUT2D eigenvalue weighted by Gasteiger charge is -2.12. The van der Waals surface area contributed by atoms with Gasteiger partial charge in [0.2, 0.25) is 5.89 Å². The molecule has 0 saturated heterocycles. The first kappa shape index (κ1) is 20.2. The molecule has 1 aromatic heterocycles. The van der Waals surface area contributed by atoms with Crippen molar-refractivity contribution in [1.82, 2.24) is 10.2 Å². The number of para-hydroxylation sites is 1. The second-order valence-electron chi connectivity index (χ2n) is 5.80. The molecule has 0 saturated carbocycles. The summed E-state index contributed by atoms with van der Waals surface area (Å²) in [5.41, 5.74) is 1.33. The molecule has 29 heavy (non-hydrogen) atoms. The first-order valence-corrected chi connectivity index (χ1v) is 9.17. The number of aliphatic carboxylic acids is 1. The van der Waals surface area contributed by atoms with Crippen LogP contribution in [-0.4, -0.2) is 22.1 Å². The topological polar surface area (TPSA) is 128 Å². The summed E-state index contributed by atoms with van der Waals surface area (Å²) < 4.78 is 11.0. The number of hydrogen-bond acceptors (Lipinski definition) is 9. The normalized spacial score (nSPS) is 11.3. The number of nitrogens with zero attached hydrogens (tertiary/aromatic N) is 2. The highest BCUT2D eigenvalue weighted by atomic mass is 32.2. The molecule has 0 spiro atoms. The van der Waals surface area contributed by atoms with Gasteiger partial charge in [-0.2, -0.15) is 0 Å². The third-order valence-corrected chi connectivity index (χ3v) is 4.54. The fourth-order valence-corrected chi connectivity index (χ4v) is 3.02. The first-order chi connectivity index (χ1) is 13.9. The minimum absolute atomic E-state index is 0.0731. The number of aryl methyl sites for hydroxylation is 1. The zero-order valence-electron chi connectivity index (χ0n) is 15.2. The fourth-order valence-electron chi connectivity index (χ4n) is 2.31. The minimum atomic E-state index is -1.39. The van der Waals surface area contributed by atoms with E-state index in [1.807, 2.05) is 0 Å². The molecular formula is C20H14N2O6S-2. The van der Waals surface area contributed by atoms with Crippen molar-refractivity contribution in [2.45, 2.75) is 18.8 Å². The van der Waals surface area contributed by atoms with Crippen LogP contribution in [0.5, 0.6) is 5.75 Å². The Morgan fingerprint density at radius 3 is 2.45 bits per heavy atom. The molecule has 0 radical (unpaired) electrons. The number of ether oxygens (including phenoxy) is 1. The molecule has 0 bridgehead atoms. The summed E-state index contributed by atoms with van der Waals surface area (Å²) in [5, 5.41) is 29.8. The van der Waals surface area contributed by atoms with Crippen molar-refractivity contribution in [3.8, 4) is 5.75 Å². The average Bonchev–Trinajstić information content (AvgIpc) is 3.11. The molecule has 0 atom stereocenters. The summed E-state index contributed by atoms with van der Waals surface area (Å²) in [6, 6.07) is 13.0. The van der Waals surface area contributed by atoms with Crippen LogP contribution in [0, 0.1) is 6.92 Å².